The summed E-state index contributed by atoms with van der Waals surface area (Å²) in [5, 5.41) is 0. The molecule has 0 saturated heterocycles. The molecule has 0 N–H and O–H groups in total. The molecular weight excluding hydrogens is 198 g/mol. The predicted octanol–water partition coefficient (Wildman–Crippen LogP) is 3.09. The molecule has 1 aliphatic carbocycles. The Kier molecular flexibility index (Phi) is 3.18. The molecule has 16 heavy (non-hydrogen) atoms. The van der Waals surface area contributed by atoms with Crippen LogP contribution in [0.1, 0.15) is 42.9 Å². The molecule has 0 radical (unpaired) electrons. The minimum atomic E-state index is 0.254. The number of hydrogen-bond donors (Lipinski definition) is 0. The SMILES string of the molecule is CCc1c(C)cncc1C1=CC(=O)CCC1. The molecule has 2 heteroatoms. The van der Waals surface area contributed by atoms with Crippen LogP contribution in [0.4, 0.5) is 0 Å². The molecule has 1 aliphatic rings. The van der Waals surface area contributed by atoms with Crippen LogP contribution in [-0.2, 0) is 11.2 Å². The third-order valence-corrected chi connectivity index (χ3v) is 3.18. The third kappa shape index (κ3) is 2.06. The fourth-order valence-electron chi connectivity index (χ4n) is 2.34. The van der Waals surface area contributed by atoms with Gasteiger partial charge < -0.3 is 0 Å². The maximum Gasteiger partial charge on any atom is 0.155 e. The molecule has 1 aromatic heterocycles. The predicted molar refractivity (Wildman–Crippen MR) is 65.2 cm³/mol. The van der Waals surface area contributed by atoms with Crippen molar-refractivity contribution >= 4 is 11.4 Å². The zero-order chi connectivity index (χ0) is 11.5. The van der Waals surface area contributed by atoms with Gasteiger partial charge in [-0.2, -0.15) is 0 Å². The quantitative estimate of drug-likeness (QED) is 0.758. The number of ketones is 1. The van der Waals surface area contributed by atoms with E-state index in [9.17, 15) is 4.79 Å². The third-order valence-electron chi connectivity index (χ3n) is 3.18. The van der Waals surface area contributed by atoms with E-state index in [4.69, 9.17) is 0 Å². The molecule has 1 aromatic rings. The first-order valence-corrected chi connectivity index (χ1v) is 5.89. The lowest BCUT2D eigenvalue weighted by Gasteiger charge is -2.16. The van der Waals surface area contributed by atoms with Crippen LogP contribution in [0.25, 0.3) is 5.57 Å². The van der Waals surface area contributed by atoms with Gasteiger partial charge in [-0.15, -0.1) is 0 Å². The lowest BCUT2D eigenvalue weighted by atomic mass is 9.89. The Morgan fingerprint density at radius 1 is 1.31 bits per heavy atom. The first-order chi connectivity index (χ1) is 7.72. The number of carbonyl (C=O) groups is 1. The molecular formula is C14H17NO. The van der Waals surface area contributed by atoms with Crippen LogP contribution in [0, 0.1) is 6.92 Å². The van der Waals surface area contributed by atoms with Crippen LogP contribution in [0.2, 0.25) is 0 Å². The van der Waals surface area contributed by atoms with E-state index in [1.807, 2.05) is 12.4 Å². The lowest BCUT2D eigenvalue weighted by Crippen LogP contribution is -2.05. The lowest BCUT2D eigenvalue weighted by molar-refractivity contribution is -0.114. The molecule has 0 unspecified atom stereocenters. The summed E-state index contributed by atoms with van der Waals surface area (Å²) in [7, 11) is 0. The van der Waals surface area contributed by atoms with Gasteiger partial charge >= 0.3 is 0 Å². The number of carbonyl (C=O) groups excluding carboxylic acids is 1. The minimum Gasteiger partial charge on any atom is -0.295 e. The highest BCUT2D eigenvalue weighted by Crippen LogP contribution is 2.28. The number of nitrogens with zero attached hydrogens (tertiary/aromatic N) is 1. The number of rotatable bonds is 2. The van der Waals surface area contributed by atoms with Crippen molar-refractivity contribution in [1.29, 1.82) is 0 Å². The van der Waals surface area contributed by atoms with Gasteiger partial charge in [-0.25, -0.2) is 0 Å². The molecule has 0 saturated carbocycles. The standard InChI is InChI=1S/C14H17NO/c1-3-13-10(2)8-15-9-14(13)11-5-4-6-12(16)7-11/h7-9H,3-6H2,1-2H3. The van der Waals surface area contributed by atoms with E-state index in [2.05, 4.69) is 18.8 Å². The number of allylic oxidation sites excluding steroid dienone is 2. The molecule has 2 rings (SSSR count). The fourth-order valence-corrected chi connectivity index (χ4v) is 2.34. The molecule has 0 bridgehead atoms. The van der Waals surface area contributed by atoms with Crippen LogP contribution in [0.5, 0.6) is 0 Å². The zero-order valence-corrected chi connectivity index (χ0v) is 9.92. The van der Waals surface area contributed by atoms with Crippen molar-refractivity contribution in [3.8, 4) is 0 Å². The molecule has 0 aliphatic heterocycles. The first kappa shape index (κ1) is 11.1. The highest BCUT2D eigenvalue weighted by atomic mass is 16.1. The fraction of sp³-hybridized carbons (Fsp3) is 0.429. The second-order valence-electron chi connectivity index (χ2n) is 4.33. The smallest absolute Gasteiger partial charge is 0.155 e. The van der Waals surface area contributed by atoms with Crippen LogP contribution < -0.4 is 0 Å². The van der Waals surface area contributed by atoms with Crippen molar-refractivity contribution in [2.24, 2.45) is 0 Å². The first-order valence-electron chi connectivity index (χ1n) is 5.89. The maximum absolute atomic E-state index is 11.4. The van der Waals surface area contributed by atoms with Crippen molar-refractivity contribution in [2.45, 2.75) is 39.5 Å². The topological polar surface area (TPSA) is 30.0 Å². The molecule has 0 atom stereocenters. The summed E-state index contributed by atoms with van der Waals surface area (Å²) in [6.45, 7) is 4.23. The van der Waals surface area contributed by atoms with E-state index in [1.165, 1.54) is 22.3 Å². The summed E-state index contributed by atoms with van der Waals surface area (Å²) < 4.78 is 0. The Morgan fingerprint density at radius 2 is 2.12 bits per heavy atom. The normalized spacial score (nSPS) is 16.1. The Labute approximate surface area is 96.4 Å². The molecule has 0 aromatic carbocycles. The summed E-state index contributed by atoms with van der Waals surface area (Å²) in [6, 6.07) is 0. The molecule has 84 valence electrons. The van der Waals surface area contributed by atoms with E-state index in [-0.39, 0.29) is 5.78 Å². The molecule has 0 fully saturated rings. The molecule has 0 spiro atoms. The van der Waals surface area contributed by atoms with Crippen LogP contribution in [0.15, 0.2) is 18.5 Å². The number of aryl methyl sites for hydroxylation is 1. The summed E-state index contributed by atoms with van der Waals surface area (Å²) in [5.74, 6) is 0.254. The average Bonchev–Trinajstić information content (AvgIpc) is 2.28. The Bertz CT molecular complexity index is 446. The molecule has 0 amide bonds. The van der Waals surface area contributed by atoms with Crippen LogP contribution in [0.3, 0.4) is 0 Å². The Hall–Kier alpha value is -1.44. The maximum atomic E-state index is 11.4. The summed E-state index contributed by atoms with van der Waals surface area (Å²) >= 11 is 0. The Morgan fingerprint density at radius 3 is 2.81 bits per heavy atom. The summed E-state index contributed by atoms with van der Waals surface area (Å²) in [5.41, 5.74) is 4.90. The zero-order valence-electron chi connectivity index (χ0n) is 9.92. The van der Waals surface area contributed by atoms with E-state index in [0.29, 0.717) is 6.42 Å². The van der Waals surface area contributed by atoms with Crippen LogP contribution >= 0.6 is 0 Å². The van der Waals surface area contributed by atoms with Crippen molar-refractivity contribution < 1.29 is 4.79 Å². The van der Waals surface area contributed by atoms with Gasteiger partial charge in [-0.1, -0.05) is 6.92 Å². The van der Waals surface area contributed by atoms with Gasteiger partial charge in [0.1, 0.15) is 0 Å². The van der Waals surface area contributed by atoms with E-state index in [0.717, 1.165) is 19.3 Å². The van der Waals surface area contributed by atoms with Crippen molar-refractivity contribution in [1.82, 2.24) is 4.98 Å². The summed E-state index contributed by atoms with van der Waals surface area (Å²) in [4.78, 5) is 15.7. The van der Waals surface area contributed by atoms with Crippen molar-refractivity contribution in [3.05, 3.63) is 35.2 Å². The van der Waals surface area contributed by atoms with Crippen LogP contribution in [-0.4, -0.2) is 10.8 Å². The van der Waals surface area contributed by atoms with E-state index >= 15 is 0 Å². The van der Waals surface area contributed by atoms with Crippen molar-refractivity contribution in [2.75, 3.05) is 0 Å². The molecule has 2 nitrogen and oxygen atoms in total. The van der Waals surface area contributed by atoms with Gasteiger partial charge in [0.05, 0.1) is 0 Å². The van der Waals surface area contributed by atoms with Gasteiger partial charge in [0.2, 0.25) is 0 Å². The van der Waals surface area contributed by atoms with Gasteiger partial charge in [0.25, 0.3) is 0 Å². The summed E-state index contributed by atoms with van der Waals surface area (Å²) in [6.07, 6.45) is 9.27. The number of hydrogen-bond acceptors (Lipinski definition) is 2. The van der Waals surface area contributed by atoms with Gasteiger partial charge in [0.15, 0.2) is 5.78 Å². The minimum absolute atomic E-state index is 0.254. The largest absolute Gasteiger partial charge is 0.295 e. The van der Waals surface area contributed by atoms with Gasteiger partial charge in [-0.05, 0) is 54.5 Å². The molecule has 1 heterocycles. The van der Waals surface area contributed by atoms with Gasteiger partial charge in [0, 0.05) is 18.8 Å². The number of aromatic nitrogens is 1. The monoisotopic (exact) mass is 215 g/mol. The van der Waals surface area contributed by atoms with Crippen molar-refractivity contribution in [3.63, 3.8) is 0 Å². The number of pyridine rings is 1. The van der Waals surface area contributed by atoms with E-state index < -0.39 is 0 Å². The van der Waals surface area contributed by atoms with Gasteiger partial charge in [-0.3, -0.25) is 9.78 Å². The highest BCUT2D eigenvalue weighted by molar-refractivity contribution is 5.98. The van der Waals surface area contributed by atoms with E-state index in [1.54, 1.807) is 6.08 Å². The average molecular weight is 215 g/mol. The Balaban J connectivity index is 2.47. The second-order valence-corrected chi connectivity index (χ2v) is 4.33. The highest BCUT2D eigenvalue weighted by Gasteiger charge is 2.14. The second kappa shape index (κ2) is 4.60.